The second-order valence-corrected chi connectivity index (χ2v) is 11.0. The first-order chi connectivity index (χ1) is 13.3. The average Bonchev–Trinajstić information content (AvgIpc) is 2.94. The maximum Gasteiger partial charge on any atom is 0.0949 e. The van der Waals surface area contributed by atoms with Crippen molar-refractivity contribution in [2.75, 3.05) is 6.61 Å². The minimum absolute atomic E-state index is 0.0946. The molecule has 4 aliphatic carbocycles. The van der Waals surface area contributed by atoms with Crippen LogP contribution >= 0.6 is 0 Å². The van der Waals surface area contributed by atoms with E-state index in [0.717, 1.165) is 45.1 Å². The van der Waals surface area contributed by atoms with Gasteiger partial charge in [0.05, 0.1) is 18.0 Å². The van der Waals surface area contributed by atoms with Crippen LogP contribution in [0.15, 0.2) is 23.0 Å². The van der Waals surface area contributed by atoms with Gasteiger partial charge in [-0.15, -0.1) is 0 Å². The van der Waals surface area contributed by atoms with E-state index in [2.05, 4.69) is 26.8 Å². The number of allylic oxidation sites excluding steroid dienone is 2. The Kier molecular flexibility index (Phi) is 4.52. The van der Waals surface area contributed by atoms with E-state index in [1.165, 1.54) is 30.4 Å². The van der Waals surface area contributed by atoms with Gasteiger partial charge < -0.3 is 14.9 Å². The second-order valence-electron chi connectivity index (χ2n) is 11.0. The largest absolute Gasteiger partial charge is 0.512 e. The van der Waals surface area contributed by atoms with Gasteiger partial charge in [-0.25, -0.2) is 0 Å². The zero-order valence-electron chi connectivity index (χ0n) is 17.9. The molecule has 3 heteroatoms. The number of hydrogen-bond acceptors (Lipinski definition) is 3. The van der Waals surface area contributed by atoms with Gasteiger partial charge in [-0.3, -0.25) is 0 Å². The van der Waals surface area contributed by atoms with Crippen molar-refractivity contribution in [3.63, 3.8) is 0 Å². The molecule has 0 aromatic carbocycles. The van der Waals surface area contributed by atoms with Crippen molar-refractivity contribution in [2.45, 2.75) is 90.8 Å². The molecule has 3 nitrogen and oxygen atoms in total. The minimum atomic E-state index is -0.149. The molecule has 0 aromatic heterocycles. The van der Waals surface area contributed by atoms with E-state index in [1.54, 1.807) is 0 Å². The van der Waals surface area contributed by atoms with E-state index < -0.39 is 0 Å². The summed E-state index contributed by atoms with van der Waals surface area (Å²) in [6.45, 7) is 8.15. The smallest absolute Gasteiger partial charge is 0.0949 e. The van der Waals surface area contributed by atoms with Crippen molar-refractivity contribution in [3.05, 3.63) is 23.0 Å². The van der Waals surface area contributed by atoms with Crippen molar-refractivity contribution < 1.29 is 14.9 Å². The lowest BCUT2D eigenvalue weighted by Crippen LogP contribution is -2.53. The molecule has 2 saturated carbocycles. The number of hydrogen-bond donors (Lipinski definition) is 2. The molecule has 0 radical (unpaired) electrons. The Morgan fingerprint density at radius 3 is 2.54 bits per heavy atom. The zero-order chi connectivity index (χ0) is 19.7. The molecule has 1 saturated heterocycles. The molecule has 1 aliphatic heterocycles. The zero-order valence-corrected chi connectivity index (χ0v) is 17.9. The Hall–Kier alpha value is -0.800. The highest BCUT2D eigenvalue weighted by atomic mass is 16.5. The summed E-state index contributed by atoms with van der Waals surface area (Å²) in [6, 6.07) is 0. The van der Waals surface area contributed by atoms with Crippen molar-refractivity contribution in [1.29, 1.82) is 0 Å². The maximum absolute atomic E-state index is 11.1. The number of aliphatic hydroxyl groups excluding tert-OH is 2. The lowest BCUT2D eigenvalue weighted by Gasteiger charge is -2.59. The van der Waals surface area contributed by atoms with E-state index in [1.807, 2.05) is 0 Å². The van der Waals surface area contributed by atoms with Crippen LogP contribution in [0.4, 0.5) is 0 Å². The lowest BCUT2D eigenvalue weighted by atomic mass is 9.45. The highest BCUT2D eigenvalue weighted by molar-refractivity contribution is 5.35. The van der Waals surface area contributed by atoms with Crippen LogP contribution in [0.1, 0.15) is 78.6 Å². The van der Waals surface area contributed by atoms with Crippen molar-refractivity contribution >= 4 is 0 Å². The molecule has 0 spiro atoms. The Labute approximate surface area is 170 Å². The first-order valence-corrected chi connectivity index (χ1v) is 11.8. The normalized spacial score (nSPS) is 51.2. The van der Waals surface area contributed by atoms with Gasteiger partial charge >= 0.3 is 0 Å². The molecule has 3 fully saturated rings. The Morgan fingerprint density at radius 2 is 1.79 bits per heavy atom. The molecule has 8 atom stereocenters. The summed E-state index contributed by atoms with van der Waals surface area (Å²) in [5.74, 6) is 3.04. The Balaban J connectivity index is 1.49. The molecule has 28 heavy (non-hydrogen) atoms. The van der Waals surface area contributed by atoms with Gasteiger partial charge in [0.1, 0.15) is 0 Å². The molecule has 2 N–H and O–H groups in total. The van der Waals surface area contributed by atoms with Crippen LogP contribution in [-0.2, 0) is 4.74 Å². The number of aliphatic hydroxyl groups is 2. The SMILES string of the molecule is C[C@H]1C=C2C[C@@H](O)CC[C@]2(C)[C@H]2CC[C@]3(C)C(C4CCCCO4)=C(O)C[C@H]3[C@H]12. The molecular weight excluding hydrogens is 348 g/mol. The maximum atomic E-state index is 11.1. The first-order valence-electron chi connectivity index (χ1n) is 11.8. The summed E-state index contributed by atoms with van der Waals surface area (Å²) in [4.78, 5) is 0. The van der Waals surface area contributed by atoms with Crippen LogP contribution in [0, 0.1) is 34.5 Å². The fourth-order valence-corrected chi connectivity index (χ4v) is 8.21. The van der Waals surface area contributed by atoms with Crippen LogP contribution in [-0.4, -0.2) is 29.0 Å². The van der Waals surface area contributed by atoms with E-state index >= 15 is 0 Å². The van der Waals surface area contributed by atoms with E-state index in [9.17, 15) is 10.2 Å². The molecule has 0 amide bonds. The third-order valence-corrected chi connectivity index (χ3v) is 9.64. The second kappa shape index (κ2) is 6.60. The summed E-state index contributed by atoms with van der Waals surface area (Å²) >= 11 is 0. The van der Waals surface area contributed by atoms with Gasteiger partial charge in [-0.1, -0.05) is 32.4 Å². The van der Waals surface area contributed by atoms with Crippen LogP contribution in [0.5, 0.6) is 0 Å². The van der Waals surface area contributed by atoms with Crippen LogP contribution in [0.3, 0.4) is 0 Å². The van der Waals surface area contributed by atoms with Gasteiger partial charge in [0.25, 0.3) is 0 Å². The molecular formula is C25H38O3. The quantitative estimate of drug-likeness (QED) is 0.581. The minimum Gasteiger partial charge on any atom is -0.512 e. The van der Waals surface area contributed by atoms with E-state index in [4.69, 9.17) is 4.74 Å². The Bertz CT molecular complexity index is 703. The third-order valence-electron chi connectivity index (χ3n) is 9.64. The van der Waals surface area contributed by atoms with Gasteiger partial charge in [0.15, 0.2) is 0 Å². The molecule has 0 bridgehead atoms. The van der Waals surface area contributed by atoms with Crippen molar-refractivity contribution in [1.82, 2.24) is 0 Å². The Morgan fingerprint density at radius 1 is 1.00 bits per heavy atom. The summed E-state index contributed by atoms with van der Waals surface area (Å²) in [6.07, 6.45) is 12.2. The van der Waals surface area contributed by atoms with Gasteiger partial charge in [0.2, 0.25) is 0 Å². The molecule has 5 aliphatic rings. The molecule has 5 rings (SSSR count). The highest BCUT2D eigenvalue weighted by Crippen LogP contribution is 2.67. The average molecular weight is 387 g/mol. The van der Waals surface area contributed by atoms with Gasteiger partial charge in [0, 0.05) is 18.6 Å². The van der Waals surface area contributed by atoms with Crippen molar-refractivity contribution in [2.24, 2.45) is 34.5 Å². The van der Waals surface area contributed by atoms with Gasteiger partial charge in [-0.2, -0.15) is 0 Å². The summed E-state index contributed by atoms with van der Waals surface area (Å²) < 4.78 is 6.17. The number of fused-ring (bicyclic) bond motifs is 5. The fraction of sp³-hybridized carbons (Fsp3) is 0.840. The molecule has 1 heterocycles. The third kappa shape index (κ3) is 2.61. The molecule has 1 unspecified atom stereocenters. The van der Waals surface area contributed by atoms with E-state index in [-0.39, 0.29) is 23.0 Å². The van der Waals surface area contributed by atoms with Gasteiger partial charge in [-0.05, 0) is 85.9 Å². The predicted molar refractivity (Wildman–Crippen MR) is 111 cm³/mol. The topological polar surface area (TPSA) is 49.7 Å². The van der Waals surface area contributed by atoms with Crippen LogP contribution < -0.4 is 0 Å². The fourth-order valence-electron chi connectivity index (χ4n) is 8.21. The highest BCUT2D eigenvalue weighted by Gasteiger charge is 2.60. The van der Waals surface area contributed by atoms with Crippen LogP contribution in [0.25, 0.3) is 0 Å². The monoisotopic (exact) mass is 386 g/mol. The first kappa shape index (κ1) is 19.2. The summed E-state index contributed by atoms with van der Waals surface area (Å²) in [5, 5.41) is 21.4. The number of ether oxygens (including phenoxy) is 1. The standard InChI is InChI=1S/C25H38O3/c1-15-12-16-13-17(26)7-9-24(16,2)18-8-10-25(3)19(22(15)18)14-20(27)23(25)21-6-4-5-11-28-21/h12,15,17-19,21-22,26-27H,4-11,13-14H2,1-3H3/t15-,17-,18-,19-,21?,22+,24-,25-/m0/s1. The summed E-state index contributed by atoms with van der Waals surface area (Å²) in [7, 11) is 0. The predicted octanol–water partition coefficient (Wildman–Crippen LogP) is 5.55. The van der Waals surface area contributed by atoms with E-state index in [0.29, 0.717) is 29.4 Å². The summed E-state index contributed by atoms with van der Waals surface area (Å²) in [5.41, 5.74) is 3.13. The lowest BCUT2D eigenvalue weighted by molar-refractivity contribution is -0.0586. The number of rotatable bonds is 1. The van der Waals surface area contributed by atoms with Crippen LogP contribution in [0.2, 0.25) is 0 Å². The van der Waals surface area contributed by atoms with Crippen molar-refractivity contribution in [3.8, 4) is 0 Å². The molecule has 0 aromatic rings. The molecule has 156 valence electrons.